The summed E-state index contributed by atoms with van der Waals surface area (Å²) >= 11 is 7.31. The Morgan fingerprint density at radius 3 is 2.54 bits per heavy atom. The third kappa shape index (κ3) is 2.46. The molecule has 1 atom stereocenters. The molecule has 0 fully saturated rings. The minimum Gasteiger partial charge on any atom is -0.384 e. The van der Waals surface area contributed by atoms with Crippen LogP contribution in [0.5, 0.6) is 0 Å². The van der Waals surface area contributed by atoms with Crippen LogP contribution in [-0.4, -0.2) is 5.11 Å². The average Bonchev–Trinajstić information content (AvgIpc) is 2.52. The van der Waals surface area contributed by atoms with Gasteiger partial charge in [0.2, 0.25) is 0 Å². The van der Waals surface area contributed by atoms with E-state index in [0.29, 0.717) is 0 Å². The molecule has 1 N–H and O–H groups in total. The molecule has 0 aliphatic rings. The quantitative estimate of drug-likeness (QED) is 0.815. The maximum atomic E-state index is 10.3. The average molecular weight is 219 g/mol. The molecule has 1 nitrogen and oxygen atoms in total. The van der Waals surface area contributed by atoms with Gasteiger partial charge < -0.3 is 5.11 Å². The number of thiophene rings is 1. The third-order valence-electron chi connectivity index (χ3n) is 2.28. The van der Waals surface area contributed by atoms with Gasteiger partial charge in [-0.2, -0.15) is 0 Å². The van der Waals surface area contributed by atoms with E-state index >= 15 is 0 Å². The summed E-state index contributed by atoms with van der Waals surface area (Å²) in [6.45, 7) is 4.08. The predicted octanol–water partition coefficient (Wildman–Crippen LogP) is 3.80. The monoisotopic (exact) mass is 218 g/mol. The second-order valence-corrected chi connectivity index (χ2v) is 4.95. The SMILES string of the molecule is CCCC(O)(CC)c1ccc(Cl)s1. The number of hydrogen-bond acceptors (Lipinski definition) is 2. The molecule has 0 bridgehead atoms. The first-order valence-electron chi connectivity index (χ1n) is 4.60. The summed E-state index contributed by atoms with van der Waals surface area (Å²) in [7, 11) is 0. The molecular formula is C10H15ClOS. The van der Waals surface area contributed by atoms with Crippen LogP contribution in [0.15, 0.2) is 12.1 Å². The molecule has 0 aromatic carbocycles. The fourth-order valence-electron chi connectivity index (χ4n) is 1.45. The predicted molar refractivity (Wildman–Crippen MR) is 58.4 cm³/mol. The standard InChI is InChI=1S/C10H15ClOS/c1-3-7-10(12,4-2)8-5-6-9(11)13-8/h5-6,12H,3-4,7H2,1-2H3. The van der Waals surface area contributed by atoms with E-state index in [1.807, 2.05) is 19.1 Å². The zero-order valence-corrected chi connectivity index (χ0v) is 9.58. The van der Waals surface area contributed by atoms with E-state index in [1.165, 1.54) is 11.3 Å². The molecule has 0 saturated carbocycles. The smallest absolute Gasteiger partial charge is 0.0985 e. The van der Waals surface area contributed by atoms with Gasteiger partial charge in [0.1, 0.15) is 0 Å². The largest absolute Gasteiger partial charge is 0.384 e. The van der Waals surface area contributed by atoms with Crippen LogP contribution in [0, 0.1) is 0 Å². The molecule has 1 heterocycles. The Morgan fingerprint density at radius 1 is 1.46 bits per heavy atom. The molecule has 1 aromatic heterocycles. The second-order valence-electron chi connectivity index (χ2n) is 3.24. The summed E-state index contributed by atoms with van der Waals surface area (Å²) in [6.07, 6.45) is 2.54. The molecular weight excluding hydrogens is 204 g/mol. The van der Waals surface area contributed by atoms with Crippen molar-refractivity contribution < 1.29 is 5.11 Å². The van der Waals surface area contributed by atoms with Gasteiger partial charge in [-0.25, -0.2) is 0 Å². The van der Waals surface area contributed by atoms with Gasteiger partial charge in [-0.3, -0.25) is 0 Å². The van der Waals surface area contributed by atoms with Crippen LogP contribution in [0.25, 0.3) is 0 Å². The Labute approximate surface area is 88.4 Å². The Morgan fingerprint density at radius 2 is 2.15 bits per heavy atom. The zero-order valence-electron chi connectivity index (χ0n) is 8.01. The molecule has 74 valence electrons. The van der Waals surface area contributed by atoms with E-state index in [2.05, 4.69) is 6.92 Å². The van der Waals surface area contributed by atoms with Crippen molar-refractivity contribution in [2.75, 3.05) is 0 Å². The minimum absolute atomic E-state index is 0.660. The van der Waals surface area contributed by atoms with Crippen molar-refractivity contribution in [1.82, 2.24) is 0 Å². The van der Waals surface area contributed by atoms with Crippen LogP contribution < -0.4 is 0 Å². The molecule has 0 saturated heterocycles. The molecule has 1 rings (SSSR count). The zero-order chi connectivity index (χ0) is 9.90. The first kappa shape index (κ1) is 11.0. The van der Waals surface area contributed by atoms with Gasteiger partial charge in [0.25, 0.3) is 0 Å². The first-order chi connectivity index (χ1) is 6.12. The highest BCUT2D eigenvalue weighted by Crippen LogP contribution is 2.36. The maximum absolute atomic E-state index is 10.3. The highest BCUT2D eigenvalue weighted by Gasteiger charge is 2.27. The topological polar surface area (TPSA) is 20.2 Å². The van der Waals surface area contributed by atoms with Gasteiger partial charge in [0, 0.05) is 4.88 Å². The van der Waals surface area contributed by atoms with Crippen LogP contribution in [0.3, 0.4) is 0 Å². The van der Waals surface area contributed by atoms with Crippen molar-refractivity contribution >= 4 is 22.9 Å². The van der Waals surface area contributed by atoms with E-state index in [1.54, 1.807) is 0 Å². The number of hydrogen-bond donors (Lipinski definition) is 1. The van der Waals surface area contributed by atoms with Gasteiger partial charge in [-0.15, -0.1) is 11.3 Å². The Kier molecular flexibility index (Phi) is 3.77. The van der Waals surface area contributed by atoms with Crippen LogP contribution in [-0.2, 0) is 5.60 Å². The molecule has 0 aliphatic heterocycles. The summed E-state index contributed by atoms with van der Waals surface area (Å²) in [6, 6.07) is 3.77. The van der Waals surface area contributed by atoms with Gasteiger partial charge in [0.15, 0.2) is 0 Å². The van der Waals surface area contributed by atoms with Crippen LogP contribution >= 0.6 is 22.9 Å². The Balaban J connectivity index is 2.88. The summed E-state index contributed by atoms with van der Waals surface area (Å²) in [5, 5.41) is 10.3. The van der Waals surface area contributed by atoms with Crippen molar-refractivity contribution in [3.05, 3.63) is 21.3 Å². The molecule has 13 heavy (non-hydrogen) atoms. The summed E-state index contributed by atoms with van der Waals surface area (Å²) in [5.74, 6) is 0. The van der Waals surface area contributed by atoms with Crippen molar-refractivity contribution in [3.63, 3.8) is 0 Å². The van der Waals surface area contributed by atoms with E-state index in [0.717, 1.165) is 28.5 Å². The first-order valence-corrected chi connectivity index (χ1v) is 5.80. The molecule has 0 radical (unpaired) electrons. The lowest BCUT2D eigenvalue weighted by Crippen LogP contribution is -2.22. The maximum Gasteiger partial charge on any atom is 0.0985 e. The van der Waals surface area contributed by atoms with Gasteiger partial charge in [0.05, 0.1) is 9.94 Å². The molecule has 1 aromatic rings. The van der Waals surface area contributed by atoms with Gasteiger partial charge >= 0.3 is 0 Å². The summed E-state index contributed by atoms with van der Waals surface area (Å²) < 4.78 is 0.748. The van der Waals surface area contributed by atoms with Crippen molar-refractivity contribution in [2.24, 2.45) is 0 Å². The molecule has 0 amide bonds. The van der Waals surface area contributed by atoms with E-state index in [-0.39, 0.29) is 0 Å². The lowest BCUT2D eigenvalue weighted by molar-refractivity contribution is 0.0263. The fourth-order valence-corrected chi connectivity index (χ4v) is 2.68. The Hall–Kier alpha value is -0.0500. The minimum atomic E-state index is -0.660. The van der Waals surface area contributed by atoms with Crippen molar-refractivity contribution in [2.45, 2.75) is 38.7 Å². The van der Waals surface area contributed by atoms with E-state index < -0.39 is 5.60 Å². The molecule has 3 heteroatoms. The second kappa shape index (κ2) is 4.45. The molecule has 0 spiro atoms. The van der Waals surface area contributed by atoms with E-state index in [9.17, 15) is 5.11 Å². The van der Waals surface area contributed by atoms with Crippen LogP contribution in [0.1, 0.15) is 38.0 Å². The lowest BCUT2D eigenvalue weighted by atomic mass is 9.93. The fraction of sp³-hybridized carbons (Fsp3) is 0.600. The van der Waals surface area contributed by atoms with Crippen molar-refractivity contribution in [1.29, 1.82) is 0 Å². The number of rotatable bonds is 4. The van der Waals surface area contributed by atoms with Crippen LogP contribution in [0.4, 0.5) is 0 Å². The van der Waals surface area contributed by atoms with E-state index in [4.69, 9.17) is 11.6 Å². The number of halogens is 1. The molecule has 1 unspecified atom stereocenters. The van der Waals surface area contributed by atoms with Crippen LogP contribution in [0.2, 0.25) is 4.34 Å². The normalized spacial score (nSPS) is 15.7. The molecule has 0 aliphatic carbocycles. The van der Waals surface area contributed by atoms with Gasteiger partial charge in [-0.05, 0) is 25.0 Å². The highest BCUT2D eigenvalue weighted by molar-refractivity contribution is 7.16. The third-order valence-corrected chi connectivity index (χ3v) is 3.70. The summed E-state index contributed by atoms with van der Waals surface area (Å²) in [4.78, 5) is 0.988. The van der Waals surface area contributed by atoms with Crippen molar-refractivity contribution in [3.8, 4) is 0 Å². The Bertz CT molecular complexity index is 272. The lowest BCUT2D eigenvalue weighted by Gasteiger charge is -2.24. The van der Waals surface area contributed by atoms with Gasteiger partial charge in [-0.1, -0.05) is 31.9 Å². The number of aliphatic hydroxyl groups is 1. The summed E-state index contributed by atoms with van der Waals surface area (Å²) in [5.41, 5.74) is -0.660. The highest BCUT2D eigenvalue weighted by atomic mass is 35.5.